The maximum Gasteiger partial charge on any atom is 0.303 e. The fourth-order valence-corrected chi connectivity index (χ4v) is 2.44. The first-order chi connectivity index (χ1) is 8.99. The molecule has 5 heteroatoms. The lowest BCUT2D eigenvalue weighted by atomic mass is 9.88. The van der Waals surface area contributed by atoms with Crippen molar-refractivity contribution >= 4 is 11.9 Å². The predicted octanol–water partition coefficient (Wildman–Crippen LogP) is 1.95. The number of rotatable bonds is 7. The summed E-state index contributed by atoms with van der Waals surface area (Å²) in [6.07, 6.45) is 5.33. The first kappa shape index (κ1) is 16.0. The maximum absolute atomic E-state index is 11.7. The molecular formula is C14H25NO4. The van der Waals surface area contributed by atoms with Crippen LogP contribution in [-0.4, -0.2) is 35.7 Å². The van der Waals surface area contributed by atoms with Gasteiger partial charge in [-0.25, -0.2) is 0 Å². The molecule has 0 aromatic carbocycles. The average Bonchev–Trinajstić information content (AvgIpc) is 2.35. The van der Waals surface area contributed by atoms with Gasteiger partial charge in [0.05, 0.1) is 6.10 Å². The van der Waals surface area contributed by atoms with Crippen LogP contribution in [0.3, 0.4) is 0 Å². The number of nitrogens with one attached hydrogen (secondary N) is 1. The molecule has 1 aliphatic carbocycles. The summed E-state index contributed by atoms with van der Waals surface area (Å²) in [5.41, 5.74) is 0. The third kappa shape index (κ3) is 6.57. The second kappa shape index (κ2) is 8.15. The van der Waals surface area contributed by atoms with Gasteiger partial charge in [0.25, 0.3) is 0 Å². The van der Waals surface area contributed by atoms with E-state index in [1.165, 1.54) is 19.3 Å². The lowest BCUT2D eigenvalue weighted by molar-refractivity contribution is -0.137. The quantitative estimate of drug-likeness (QED) is 0.742. The zero-order chi connectivity index (χ0) is 14.3. The van der Waals surface area contributed by atoms with Crippen LogP contribution in [-0.2, 0) is 14.3 Å². The number of amides is 1. The van der Waals surface area contributed by atoms with Crippen molar-refractivity contribution in [2.24, 2.45) is 5.92 Å². The summed E-state index contributed by atoms with van der Waals surface area (Å²) < 4.78 is 5.66. The molecule has 3 atom stereocenters. The van der Waals surface area contributed by atoms with E-state index in [1.807, 2.05) is 6.92 Å². The van der Waals surface area contributed by atoms with Gasteiger partial charge in [-0.2, -0.15) is 0 Å². The molecule has 5 nitrogen and oxygen atoms in total. The summed E-state index contributed by atoms with van der Waals surface area (Å²) in [5.74, 6) is -0.477. The number of carboxylic acids is 1. The molecule has 2 N–H and O–H groups in total. The van der Waals surface area contributed by atoms with E-state index in [2.05, 4.69) is 12.2 Å². The van der Waals surface area contributed by atoms with E-state index in [1.54, 1.807) is 0 Å². The Morgan fingerprint density at radius 2 is 2.05 bits per heavy atom. The van der Waals surface area contributed by atoms with Gasteiger partial charge in [0.1, 0.15) is 6.61 Å². The molecule has 0 aromatic heterocycles. The van der Waals surface area contributed by atoms with Crippen LogP contribution < -0.4 is 5.32 Å². The summed E-state index contributed by atoms with van der Waals surface area (Å²) in [5, 5.41) is 11.3. The van der Waals surface area contributed by atoms with E-state index in [4.69, 9.17) is 9.84 Å². The standard InChI is InChI=1S/C14H25NO4/c1-10-5-3-4-6-12(10)19-9-13(16)15-11(2)7-8-14(17)18/h10-12H,3-9H2,1-2H3,(H,15,16)(H,17,18). The molecule has 0 heterocycles. The minimum absolute atomic E-state index is 0.0714. The molecule has 1 saturated carbocycles. The largest absolute Gasteiger partial charge is 0.481 e. The number of carboxylic acid groups (broad SMARTS) is 1. The molecule has 1 amide bonds. The number of carbonyl (C=O) groups excluding carboxylic acids is 1. The minimum Gasteiger partial charge on any atom is -0.481 e. The highest BCUT2D eigenvalue weighted by atomic mass is 16.5. The van der Waals surface area contributed by atoms with E-state index in [0.29, 0.717) is 12.3 Å². The zero-order valence-electron chi connectivity index (χ0n) is 11.9. The van der Waals surface area contributed by atoms with E-state index >= 15 is 0 Å². The molecule has 1 aliphatic rings. The molecule has 0 spiro atoms. The van der Waals surface area contributed by atoms with Gasteiger partial charge >= 0.3 is 5.97 Å². The van der Waals surface area contributed by atoms with Gasteiger partial charge in [-0.15, -0.1) is 0 Å². The van der Waals surface area contributed by atoms with Crippen LogP contribution in [0.4, 0.5) is 0 Å². The normalized spacial score (nSPS) is 24.7. The fourth-order valence-electron chi connectivity index (χ4n) is 2.44. The first-order valence-corrected chi connectivity index (χ1v) is 7.11. The second-order valence-corrected chi connectivity index (χ2v) is 5.51. The molecule has 0 aliphatic heterocycles. The summed E-state index contributed by atoms with van der Waals surface area (Å²) in [6.45, 7) is 4.05. The van der Waals surface area contributed by atoms with Gasteiger partial charge in [-0.1, -0.05) is 19.8 Å². The number of carbonyl (C=O) groups is 2. The number of aliphatic carboxylic acids is 1. The Morgan fingerprint density at radius 1 is 1.37 bits per heavy atom. The van der Waals surface area contributed by atoms with Crippen molar-refractivity contribution in [1.29, 1.82) is 0 Å². The second-order valence-electron chi connectivity index (χ2n) is 5.51. The molecule has 1 rings (SSSR count). The van der Waals surface area contributed by atoms with Gasteiger partial charge < -0.3 is 15.2 Å². The number of hydrogen-bond acceptors (Lipinski definition) is 3. The van der Waals surface area contributed by atoms with Crippen molar-refractivity contribution in [3.8, 4) is 0 Å². The molecule has 1 fully saturated rings. The molecule has 3 unspecified atom stereocenters. The van der Waals surface area contributed by atoms with E-state index in [9.17, 15) is 9.59 Å². The highest BCUT2D eigenvalue weighted by molar-refractivity contribution is 5.77. The highest BCUT2D eigenvalue weighted by Gasteiger charge is 2.22. The Labute approximate surface area is 114 Å². The molecular weight excluding hydrogens is 246 g/mol. The third-order valence-electron chi connectivity index (χ3n) is 3.66. The van der Waals surface area contributed by atoms with Gasteiger partial charge in [0.2, 0.25) is 5.91 Å². The average molecular weight is 271 g/mol. The summed E-state index contributed by atoms with van der Waals surface area (Å²) in [6, 6.07) is -0.129. The van der Waals surface area contributed by atoms with Crippen molar-refractivity contribution in [1.82, 2.24) is 5.32 Å². The predicted molar refractivity (Wildman–Crippen MR) is 71.8 cm³/mol. The fraction of sp³-hybridized carbons (Fsp3) is 0.857. The Kier molecular flexibility index (Phi) is 6.84. The van der Waals surface area contributed by atoms with Gasteiger partial charge in [-0.3, -0.25) is 9.59 Å². The van der Waals surface area contributed by atoms with Crippen molar-refractivity contribution in [3.05, 3.63) is 0 Å². The zero-order valence-corrected chi connectivity index (χ0v) is 11.9. The van der Waals surface area contributed by atoms with Crippen LogP contribution in [0.2, 0.25) is 0 Å². The Morgan fingerprint density at radius 3 is 2.68 bits per heavy atom. The smallest absolute Gasteiger partial charge is 0.303 e. The Balaban J connectivity index is 2.18. The summed E-state index contributed by atoms with van der Waals surface area (Å²) in [7, 11) is 0. The topological polar surface area (TPSA) is 75.6 Å². The monoisotopic (exact) mass is 271 g/mol. The molecule has 110 valence electrons. The van der Waals surface area contributed by atoms with Gasteiger partial charge in [0, 0.05) is 12.5 Å². The SMILES string of the molecule is CC(CCC(=O)O)NC(=O)COC1CCCCC1C. The molecule has 0 radical (unpaired) electrons. The number of ether oxygens (including phenoxy) is 1. The van der Waals surface area contributed by atoms with E-state index in [-0.39, 0.29) is 31.1 Å². The van der Waals surface area contributed by atoms with Crippen molar-refractivity contribution in [3.63, 3.8) is 0 Å². The number of hydrogen-bond donors (Lipinski definition) is 2. The van der Waals surface area contributed by atoms with E-state index < -0.39 is 5.97 Å². The highest BCUT2D eigenvalue weighted by Crippen LogP contribution is 2.26. The van der Waals surface area contributed by atoms with Crippen LogP contribution in [0, 0.1) is 5.92 Å². The third-order valence-corrected chi connectivity index (χ3v) is 3.66. The van der Waals surface area contributed by atoms with Crippen molar-refractivity contribution in [2.75, 3.05) is 6.61 Å². The van der Waals surface area contributed by atoms with Crippen LogP contribution in [0.15, 0.2) is 0 Å². The lowest BCUT2D eigenvalue weighted by Crippen LogP contribution is -2.37. The first-order valence-electron chi connectivity index (χ1n) is 7.11. The van der Waals surface area contributed by atoms with Gasteiger partial charge in [0.15, 0.2) is 0 Å². The van der Waals surface area contributed by atoms with Crippen LogP contribution >= 0.6 is 0 Å². The minimum atomic E-state index is -0.839. The lowest BCUT2D eigenvalue weighted by Gasteiger charge is -2.28. The van der Waals surface area contributed by atoms with Crippen LogP contribution in [0.25, 0.3) is 0 Å². The van der Waals surface area contributed by atoms with E-state index in [0.717, 1.165) is 6.42 Å². The maximum atomic E-state index is 11.7. The van der Waals surface area contributed by atoms with Crippen molar-refractivity contribution in [2.45, 2.75) is 64.5 Å². The Hall–Kier alpha value is -1.10. The molecule has 0 aromatic rings. The summed E-state index contributed by atoms with van der Waals surface area (Å²) in [4.78, 5) is 22.1. The van der Waals surface area contributed by atoms with Crippen LogP contribution in [0.5, 0.6) is 0 Å². The molecule has 0 saturated heterocycles. The summed E-state index contributed by atoms with van der Waals surface area (Å²) >= 11 is 0. The molecule has 19 heavy (non-hydrogen) atoms. The molecule has 0 bridgehead atoms. The van der Waals surface area contributed by atoms with Crippen LogP contribution in [0.1, 0.15) is 52.4 Å². The van der Waals surface area contributed by atoms with Gasteiger partial charge in [-0.05, 0) is 32.1 Å². The Bertz CT molecular complexity index is 306. The van der Waals surface area contributed by atoms with Crippen molar-refractivity contribution < 1.29 is 19.4 Å².